The number of carbonyl (C=O) groups is 2. The van der Waals surface area contributed by atoms with Crippen molar-refractivity contribution in [3.63, 3.8) is 0 Å². The highest BCUT2D eigenvalue weighted by atomic mass is 16.6. The molecule has 9 heteroatoms. The number of methoxy groups -OCH3 is 1. The Bertz CT molecular complexity index is 1130. The lowest BCUT2D eigenvalue weighted by Gasteiger charge is -2.28. The molecular weight excluding hydrogens is 388 g/mol. The number of Topliss-reactive ketones (excluding diaryl/α,β-unsaturated/α-hetero) is 1. The molecule has 9 nitrogen and oxygen atoms in total. The molecule has 3 aromatic rings. The quantitative estimate of drug-likeness (QED) is 0.630. The minimum atomic E-state index is -0.475. The Balaban J connectivity index is 1.56. The van der Waals surface area contributed by atoms with Crippen molar-refractivity contribution >= 4 is 23.4 Å². The Morgan fingerprint density at radius 3 is 2.67 bits per heavy atom. The van der Waals surface area contributed by atoms with E-state index in [1.807, 2.05) is 12.1 Å². The van der Waals surface area contributed by atoms with Gasteiger partial charge in [0.15, 0.2) is 5.78 Å². The number of allylic oxidation sites excluding steroid dienone is 1. The molecule has 0 saturated carbocycles. The third-order valence-corrected chi connectivity index (χ3v) is 5.45. The SMILES string of the molecule is COC(=O)c1ccc([C@@H]2Nc3nonc3NC3=C2C(=O)C[C@H](c2ccco2)C3)cc1. The van der Waals surface area contributed by atoms with Crippen molar-refractivity contribution in [2.24, 2.45) is 0 Å². The number of anilines is 2. The van der Waals surface area contributed by atoms with Crippen molar-refractivity contribution in [2.45, 2.75) is 24.8 Å². The lowest BCUT2D eigenvalue weighted by molar-refractivity contribution is -0.116. The van der Waals surface area contributed by atoms with Crippen LogP contribution in [-0.4, -0.2) is 29.2 Å². The lowest BCUT2D eigenvalue weighted by Crippen LogP contribution is -2.27. The van der Waals surface area contributed by atoms with Gasteiger partial charge in [-0.25, -0.2) is 9.42 Å². The molecule has 0 fully saturated rings. The first-order valence-corrected chi connectivity index (χ1v) is 9.48. The number of rotatable bonds is 3. The highest BCUT2D eigenvalue weighted by molar-refractivity contribution is 6.00. The first kappa shape index (κ1) is 18.2. The molecule has 5 rings (SSSR count). The predicted octanol–water partition coefficient (Wildman–Crippen LogP) is 3.43. The number of benzene rings is 1. The van der Waals surface area contributed by atoms with E-state index in [0.29, 0.717) is 35.6 Å². The number of nitrogens with one attached hydrogen (secondary N) is 2. The molecule has 2 aliphatic rings. The van der Waals surface area contributed by atoms with E-state index in [1.54, 1.807) is 30.5 Å². The number of hydrogen-bond acceptors (Lipinski definition) is 9. The second-order valence-corrected chi connectivity index (χ2v) is 7.21. The largest absolute Gasteiger partial charge is 0.469 e. The summed E-state index contributed by atoms with van der Waals surface area (Å²) >= 11 is 0. The summed E-state index contributed by atoms with van der Waals surface area (Å²) in [4.78, 5) is 25.0. The number of hydrogen-bond donors (Lipinski definition) is 2. The van der Waals surface area contributed by atoms with Crippen molar-refractivity contribution in [3.05, 3.63) is 70.8 Å². The summed E-state index contributed by atoms with van der Waals surface area (Å²) in [6.45, 7) is 0. The molecule has 2 aromatic heterocycles. The van der Waals surface area contributed by atoms with Crippen LogP contribution in [0.3, 0.4) is 0 Å². The molecule has 2 N–H and O–H groups in total. The maximum absolute atomic E-state index is 13.2. The van der Waals surface area contributed by atoms with E-state index in [9.17, 15) is 9.59 Å². The third-order valence-electron chi connectivity index (χ3n) is 5.45. The summed E-state index contributed by atoms with van der Waals surface area (Å²) in [7, 11) is 1.33. The van der Waals surface area contributed by atoms with Crippen LogP contribution in [0.4, 0.5) is 11.6 Å². The third kappa shape index (κ3) is 3.04. The summed E-state index contributed by atoms with van der Waals surface area (Å²) < 4.78 is 15.2. The van der Waals surface area contributed by atoms with Crippen LogP contribution in [0.2, 0.25) is 0 Å². The average molecular weight is 406 g/mol. The summed E-state index contributed by atoms with van der Waals surface area (Å²) in [5.41, 5.74) is 2.59. The van der Waals surface area contributed by atoms with Crippen LogP contribution in [0.15, 0.2) is 63.0 Å². The van der Waals surface area contributed by atoms with Gasteiger partial charge in [-0.2, -0.15) is 0 Å². The van der Waals surface area contributed by atoms with Crippen molar-refractivity contribution in [1.82, 2.24) is 10.3 Å². The van der Waals surface area contributed by atoms with Gasteiger partial charge in [-0.15, -0.1) is 0 Å². The number of fused-ring (bicyclic) bond motifs is 1. The fraction of sp³-hybridized carbons (Fsp3) is 0.238. The average Bonchev–Trinajstić information content (AvgIpc) is 3.42. The fourth-order valence-corrected chi connectivity index (χ4v) is 4.01. The minimum Gasteiger partial charge on any atom is -0.469 e. The smallest absolute Gasteiger partial charge is 0.337 e. The number of furan rings is 1. The van der Waals surface area contributed by atoms with Gasteiger partial charge in [0, 0.05) is 23.6 Å². The number of esters is 1. The van der Waals surface area contributed by atoms with E-state index in [-0.39, 0.29) is 11.7 Å². The first-order chi connectivity index (χ1) is 14.6. The normalized spacial score (nSPS) is 20.5. The maximum atomic E-state index is 13.2. The van der Waals surface area contributed by atoms with Crippen molar-refractivity contribution in [3.8, 4) is 0 Å². The van der Waals surface area contributed by atoms with Gasteiger partial charge in [0.25, 0.3) is 0 Å². The topological polar surface area (TPSA) is 119 Å². The Morgan fingerprint density at radius 1 is 1.13 bits per heavy atom. The monoisotopic (exact) mass is 406 g/mol. The van der Waals surface area contributed by atoms with Gasteiger partial charge in [-0.3, -0.25) is 4.79 Å². The molecular formula is C21H18N4O5. The molecule has 30 heavy (non-hydrogen) atoms. The molecule has 0 bridgehead atoms. The van der Waals surface area contributed by atoms with Crippen LogP contribution in [0.1, 0.15) is 46.5 Å². The van der Waals surface area contributed by atoms with Gasteiger partial charge in [0.05, 0.1) is 25.0 Å². The fourth-order valence-electron chi connectivity index (χ4n) is 4.01. The lowest BCUT2D eigenvalue weighted by atomic mass is 9.80. The van der Waals surface area contributed by atoms with Crippen LogP contribution >= 0.6 is 0 Å². The molecule has 1 aliphatic carbocycles. The second kappa shape index (κ2) is 7.18. The van der Waals surface area contributed by atoms with Gasteiger partial charge in [-0.05, 0) is 46.6 Å². The zero-order chi connectivity index (χ0) is 20.7. The van der Waals surface area contributed by atoms with E-state index in [2.05, 4.69) is 20.9 Å². The van der Waals surface area contributed by atoms with Gasteiger partial charge in [0.1, 0.15) is 5.76 Å². The number of nitrogens with zero attached hydrogens (tertiary/aromatic N) is 2. The maximum Gasteiger partial charge on any atom is 0.337 e. The van der Waals surface area contributed by atoms with Crippen LogP contribution in [0.25, 0.3) is 0 Å². The van der Waals surface area contributed by atoms with Gasteiger partial charge < -0.3 is 19.8 Å². The number of aromatic nitrogens is 2. The standard InChI is InChI=1S/C21H18N4O5/c1-28-21(27)12-6-4-11(5-7-12)18-17-14(22-19-20(23-18)25-30-24-19)9-13(10-15(17)26)16-3-2-8-29-16/h2-8,13,18H,9-10H2,1H3,(H,22,24)(H,23,25)/t13-,18+/m1/s1. The molecule has 3 heterocycles. The first-order valence-electron chi connectivity index (χ1n) is 9.48. The van der Waals surface area contributed by atoms with Gasteiger partial charge >= 0.3 is 5.97 Å². The zero-order valence-electron chi connectivity index (χ0n) is 16.0. The summed E-state index contributed by atoms with van der Waals surface area (Å²) in [6, 6.07) is 10.1. The molecule has 0 saturated heterocycles. The molecule has 0 unspecified atom stereocenters. The number of carbonyl (C=O) groups excluding carboxylic acids is 2. The highest BCUT2D eigenvalue weighted by Gasteiger charge is 2.38. The van der Waals surface area contributed by atoms with Gasteiger partial charge in [-0.1, -0.05) is 12.1 Å². The zero-order valence-corrected chi connectivity index (χ0v) is 16.0. The van der Waals surface area contributed by atoms with E-state index in [4.69, 9.17) is 13.8 Å². The molecule has 2 atom stereocenters. The summed E-state index contributed by atoms with van der Waals surface area (Å²) in [5.74, 6) is 1.11. The predicted molar refractivity (Wildman–Crippen MR) is 105 cm³/mol. The second-order valence-electron chi connectivity index (χ2n) is 7.21. The van der Waals surface area contributed by atoms with Gasteiger partial charge in [0.2, 0.25) is 11.6 Å². The van der Waals surface area contributed by atoms with E-state index in [0.717, 1.165) is 17.0 Å². The molecule has 152 valence electrons. The van der Waals surface area contributed by atoms with E-state index in [1.165, 1.54) is 7.11 Å². The van der Waals surface area contributed by atoms with Crippen molar-refractivity contribution in [2.75, 3.05) is 17.7 Å². The molecule has 1 aromatic carbocycles. The molecule has 0 amide bonds. The Morgan fingerprint density at radius 2 is 1.93 bits per heavy atom. The Kier molecular flexibility index (Phi) is 4.35. The minimum absolute atomic E-state index is 0.00165. The molecule has 0 spiro atoms. The van der Waals surface area contributed by atoms with Crippen LogP contribution in [0.5, 0.6) is 0 Å². The molecule has 1 aliphatic heterocycles. The summed E-state index contributed by atoms with van der Waals surface area (Å²) in [5, 5.41) is 14.3. The van der Waals surface area contributed by atoms with E-state index < -0.39 is 12.0 Å². The summed E-state index contributed by atoms with van der Waals surface area (Å²) in [6.07, 6.45) is 2.53. The Labute approximate surface area is 171 Å². The van der Waals surface area contributed by atoms with Crippen LogP contribution in [-0.2, 0) is 9.53 Å². The van der Waals surface area contributed by atoms with Crippen LogP contribution < -0.4 is 10.6 Å². The van der Waals surface area contributed by atoms with Crippen molar-refractivity contribution in [1.29, 1.82) is 0 Å². The number of ketones is 1. The molecule has 0 radical (unpaired) electrons. The Hall–Kier alpha value is -3.88. The van der Waals surface area contributed by atoms with Crippen LogP contribution in [0, 0.1) is 0 Å². The van der Waals surface area contributed by atoms with E-state index >= 15 is 0 Å². The highest BCUT2D eigenvalue weighted by Crippen LogP contribution is 2.43. The number of ether oxygens (including phenoxy) is 1. The van der Waals surface area contributed by atoms with Crippen molar-refractivity contribution < 1.29 is 23.4 Å².